The van der Waals surface area contributed by atoms with Crippen LogP contribution in [0.25, 0.3) is 11.4 Å². The summed E-state index contributed by atoms with van der Waals surface area (Å²) in [6, 6.07) is 12.5. The Hall–Kier alpha value is -2.45. The van der Waals surface area contributed by atoms with Crippen LogP contribution in [0.5, 0.6) is 0 Å². The van der Waals surface area contributed by atoms with Crippen molar-refractivity contribution in [3.05, 3.63) is 71.0 Å². The Balaban J connectivity index is 1.73. The number of thioether (sulfide) groups is 1. The summed E-state index contributed by atoms with van der Waals surface area (Å²) in [7, 11) is 0. The van der Waals surface area contributed by atoms with Crippen molar-refractivity contribution in [1.82, 2.24) is 14.8 Å². The molecule has 0 saturated carbocycles. The highest BCUT2D eigenvalue weighted by Crippen LogP contribution is 2.25. The van der Waals surface area contributed by atoms with Gasteiger partial charge in [-0.2, -0.15) is 0 Å². The number of carbonyl (C=O) groups excluding carboxylic acids is 1. The number of hydrogen-bond donors (Lipinski definition) is 1. The second kappa shape index (κ2) is 9.16. The van der Waals surface area contributed by atoms with E-state index in [1.807, 2.05) is 35.8 Å². The highest BCUT2D eigenvalue weighted by Gasteiger charge is 2.15. The minimum atomic E-state index is -0.496. The molecule has 0 atom stereocenters. The second-order valence-electron chi connectivity index (χ2n) is 6.04. The van der Waals surface area contributed by atoms with Gasteiger partial charge in [-0.1, -0.05) is 57.5 Å². The van der Waals surface area contributed by atoms with Crippen molar-refractivity contribution in [2.24, 2.45) is 0 Å². The van der Waals surface area contributed by atoms with E-state index >= 15 is 0 Å². The first-order valence-corrected chi connectivity index (χ1v) is 10.2. The molecule has 8 heteroatoms. The van der Waals surface area contributed by atoms with E-state index in [9.17, 15) is 9.18 Å². The van der Waals surface area contributed by atoms with Crippen LogP contribution < -0.4 is 5.32 Å². The number of aromatic nitrogens is 3. The van der Waals surface area contributed by atoms with Crippen LogP contribution in [0.3, 0.4) is 0 Å². The lowest BCUT2D eigenvalue weighted by Gasteiger charge is -2.09. The fourth-order valence-corrected chi connectivity index (χ4v) is 3.68. The number of nitrogens with one attached hydrogen (secondary N) is 1. The third kappa shape index (κ3) is 4.88. The van der Waals surface area contributed by atoms with Crippen LogP contribution in [0.1, 0.15) is 5.56 Å². The molecule has 0 spiro atoms. The minimum Gasteiger partial charge on any atom is -0.323 e. The molecule has 0 bridgehead atoms. The molecule has 144 valence electrons. The highest BCUT2D eigenvalue weighted by atomic mass is 79.9. The standard InChI is InChI=1S/C20H18BrFN4OS/c1-3-9-26-19(14-6-4-5-13(2)10-14)24-25-20(26)28-12-18(27)23-17-8-7-15(21)11-16(17)22/h3-8,10-11H,1,9,12H2,2H3,(H,23,27). The van der Waals surface area contributed by atoms with Crippen molar-refractivity contribution in [1.29, 1.82) is 0 Å². The number of allylic oxidation sites excluding steroid dienone is 1. The number of carbonyl (C=O) groups is 1. The lowest BCUT2D eigenvalue weighted by Crippen LogP contribution is -2.15. The van der Waals surface area contributed by atoms with Crippen LogP contribution in [0.4, 0.5) is 10.1 Å². The molecule has 5 nitrogen and oxygen atoms in total. The van der Waals surface area contributed by atoms with Gasteiger partial charge in [-0.05, 0) is 31.2 Å². The maximum atomic E-state index is 13.9. The Morgan fingerprint density at radius 1 is 1.32 bits per heavy atom. The van der Waals surface area contributed by atoms with Gasteiger partial charge in [-0.25, -0.2) is 4.39 Å². The predicted molar refractivity (Wildman–Crippen MR) is 114 cm³/mol. The average Bonchev–Trinajstić information content (AvgIpc) is 3.05. The van der Waals surface area contributed by atoms with Gasteiger partial charge in [0.25, 0.3) is 0 Å². The Morgan fingerprint density at radius 2 is 2.14 bits per heavy atom. The van der Waals surface area contributed by atoms with Crippen molar-refractivity contribution in [3.63, 3.8) is 0 Å². The molecule has 0 fully saturated rings. The quantitative estimate of drug-likeness (QED) is 0.394. The van der Waals surface area contributed by atoms with E-state index in [1.54, 1.807) is 12.1 Å². The van der Waals surface area contributed by atoms with Gasteiger partial charge in [-0.15, -0.1) is 16.8 Å². The Labute approximate surface area is 175 Å². The monoisotopic (exact) mass is 460 g/mol. The number of anilines is 1. The zero-order valence-electron chi connectivity index (χ0n) is 15.2. The van der Waals surface area contributed by atoms with Crippen LogP contribution in [0, 0.1) is 12.7 Å². The predicted octanol–water partition coefficient (Wildman–Crippen LogP) is 5.07. The van der Waals surface area contributed by atoms with Crippen molar-refractivity contribution in [3.8, 4) is 11.4 Å². The third-order valence-corrected chi connectivity index (χ3v) is 5.30. The first-order chi connectivity index (χ1) is 13.5. The zero-order valence-corrected chi connectivity index (χ0v) is 17.6. The van der Waals surface area contributed by atoms with E-state index in [2.05, 4.69) is 38.0 Å². The molecule has 0 unspecified atom stereocenters. The van der Waals surface area contributed by atoms with E-state index < -0.39 is 5.82 Å². The number of aryl methyl sites for hydroxylation is 1. The summed E-state index contributed by atoms with van der Waals surface area (Å²) in [4.78, 5) is 12.2. The molecule has 0 saturated heterocycles. The lowest BCUT2D eigenvalue weighted by molar-refractivity contribution is -0.113. The molecule has 1 heterocycles. The topological polar surface area (TPSA) is 59.8 Å². The summed E-state index contributed by atoms with van der Waals surface area (Å²) in [6.07, 6.45) is 1.75. The van der Waals surface area contributed by atoms with Crippen LogP contribution >= 0.6 is 27.7 Å². The lowest BCUT2D eigenvalue weighted by atomic mass is 10.1. The number of halogens is 2. The van der Waals surface area contributed by atoms with Crippen LogP contribution in [-0.4, -0.2) is 26.4 Å². The third-order valence-electron chi connectivity index (χ3n) is 3.84. The zero-order chi connectivity index (χ0) is 20.1. The molecule has 0 radical (unpaired) electrons. The van der Waals surface area contributed by atoms with Gasteiger partial charge in [0.2, 0.25) is 5.91 Å². The molecule has 1 aromatic heterocycles. The summed E-state index contributed by atoms with van der Waals surface area (Å²) >= 11 is 4.43. The number of rotatable bonds is 7. The van der Waals surface area contributed by atoms with Crippen LogP contribution in [0.2, 0.25) is 0 Å². The highest BCUT2D eigenvalue weighted by molar-refractivity contribution is 9.10. The molecule has 3 rings (SSSR count). The van der Waals surface area contributed by atoms with Crippen LogP contribution in [-0.2, 0) is 11.3 Å². The Kier molecular flexibility index (Phi) is 6.64. The first-order valence-electron chi connectivity index (χ1n) is 8.46. The molecule has 3 aromatic rings. The summed E-state index contributed by atoms with van der Waals surface area (Å²) in [5.41, 5.74) is 2.21. The maximum absolute atomic E-state index is 13.9. The summed E-state index contributed by atoms with van der Waals surface area (Å²) < 4.78 is 16.4. The van der Waals surface area contributed by atoms with E-state index in [0.717, 1.165) is 11.1 Å². The van der Waals surface area contributed by atoms with Crippen molar-refractivity contribution in [2.75, 3.05) is 11.1 Å². The van der Waals surface area contributed by atoms with Gasteiger partial charge in [0, 0.05) is 16.6 Å². The molecule has 28 heavy (non-hydrogen) atoms. The summed E-state index contributed by atoms with van der Waals surface area (Å²) in [5, 5.41) is 11.7. The van der Waals surface area contributed by atoms with E-state index in [-0.39, 0.29) is 17.3 Å². The van der Waals surface area contributed by atoms with Crippen molar-refractivity contribution < 1.29 is 9.18 Å². The largest absolute Gasteiger partial charge is 0.323 e. The molecule has 1 N–H and O–H groups in total. The van der Waals surface area contributed by atoms with Gasteiger partial charge < -0.3 is 5.32 Å². The summed E-state index contributed by atoms with van der Waals surface area (Å²) in [5.74, 6) is -0.0234. The van der Waals surface area contributed by atoms with Crippen LogP contribution in [0.15, 0.2) is 64.7 Å². The maximum Gasteiger partial charge on any atom is 0.234 e. The molecule has 0 aliphatic rings. The van der Waals surface area contributed by atoms with Gasteiger partial charge in [0.15, 0.2) is 11.0 Å². The first kappa shape index (κ1) is 20.3. The molecule has 1 amide bonds. The van der Waals surface area contributed by atoms with E-state index in [1.165, 1.54) is 23.9 Å². The van der Waals surface area contributed by atoms with Gasteiger partial charge in [0.05, 0.1) is 11.4 Å². The smallest absolute Gasteiger partial charge is 0.234 e. The normalized spacial score (nSPS) is 10.7. The number of amides is 1. The number of benzene rings is 2. The SMILES string of the molecule is C=CCn1c(SCC(=O)Nc2ccc(Br)cc2F)nnc1-c1cccc(C)c1. The molecule has 0 aliphatic heterocycles. The Morgan fingerprint density at radius 3 is 2.86 bits per heavy atom. The number of nitrogens with zero attached hydrogens (tertiary/aromatic N) is 3. The van der Waals surface area contributed by atoms with Gasteiger partial charge in [0.1, 0.15) is 5.82 Å². The average molecular weight is 461 g/mol. The fraction of sp³-hybridized carbons (Fsp3) is 0.150. The Bertz CT molecular complexity index is 1020. The van der Waals surface area contributed by atoms with E-state index in [4.69, 9.17) is 0 Å². The second-order valence-corrected chi connectivity index (χ2v) is 7.89. The molecular formula is C20H18BrFN4OS. The van der Waals surface area contributed by atoms with Crippen molar-refractivity contribution in [2.45, 2.75) is 18.6 Å². The van der Waals surface area contributed by atoms with Gasteiger partial charge >= 0.3 is 0 Å². The molecule has 0 aliphatic carbocycles. The molecular weight excluding hydrogens is 443 g/mol. The number of hydrogen-bond acceptors (Lipinski definition) is 4. The summed E-state index contributed by atoms with van der Waals surface area (Å²) in [6.45, 7) is 6.31. The molecule has 2 aromatic carbocycles. The van der Waals surface area contributed by atoms with E-state index in [0.29, 0.717) is 22.0 Å². The fourth-order valence-electron chi connectivity index (χ4n) is 2.59. The van der Waals surface area contributed by atoms with Crippen molar-refractivity contribution >= 4 is 39.3 Å². The minimum absolute atomic E-state index is 0.0819. The van der Waals surface area contributed by atoms with Gasteiger partial charge in [-0.3, -0.25) is 9.36 Å².